The van der Waals surface area contributed by atoms with Crippen LogP contribution in [-0.4, -0.2) is 115 Å². The van der Waals surface area contributed by atoms with Crippen molar-refractivity contribution in [2.75, 3.05) is 30.6 Å². The minimum Gasteiger partial charge on any atom is -0.778 e. The van der Waals surface area contributed by atoms with Gasteiger partial charge in [0.1, 0.15) is 81.7 Å². The summed E-state index contributed by atoms with van der Waals surface area (Å²) in [5.41, 5.74) is 11.9. The molecule has 0 saturated carbocycles. The smallest absolute Gasteiger partial charge is 0.312 e. The number of imidazole rings is 2. The summed E-state index contributed by atoms with van der Waals surface area (Å²) in [6.45, 7) is -2.05. The number of rotatable bonds is 14. The van der Waals surface area contributed by atoms with Gasteiger partial charge >= 0.3 is 7.82 Å². The van der Waals surface area contributed by atoms with Crippen LogP contribution in [0.1, 0.15) is 12.5 Å². The number of aliphatic hydroxyl groups is 4. The van der Waals surface area contributed by atoms with Crippen LogP contribution in [0.3, 0.4) is 0 Å². The Labute approximate surface area is 300 Å². The molecule has 2 aliphatic rings. The van der Waals surface area contributed by atoms with Crippen molar-refractivity contribution < 1.29 is 80.8 Å². The molecule has 53 heavy (non-hydrogen) atoms. The van der Waals surface area contributed by atoms with E-state index in [0.717, 1.165) is 19.0 Å². The molecule has 0 bridgehead atoms. The Morgan fingerprint density at radius 1 is 0.774 bits per heavy atom. The van der Waals surface area contributed by atoms with Crippen LogP contribution >= 0.6 is 30.2 Å². The minimum absolute atomic E-state index is 0.000135. The average molecular weight is 846 g/mol. The number of nitrogens with two attached hydrogens (primary N) is 2. The van der Waals surface area contributed by atoms with E-state index in [9.17, 15) is 53.7 Å². The second kappa shape index (κ2) is 14.9. The van der Waals surface area contributed by atoms with Gasteiger partial charge < -0.3 is 86.8 Å². The standard InChI is InChI=1S/C21H30N10O17P4S/c22-16-10-18(26-3-24-16)30(5-28-10)20-14(34)12(32)8(45-20)1-43-49(36,37)7-50(38,39)47-51(40,41)48-52(42,53)44-2-9-13(33)15(35)21(46-9)31-6-29-11-17(23)25-4-27-19(11)31/h3-6,8-9,12-15,20-21,32-35H,1-2,7H2,(H,36,37)(H,38,39)(H,40,41)(H,42,53)(H2,22,24,26)(H2,23,25,27)/p-4/t8-,9-,12-,13-,14-,15-,20-,21-,52?/m1/s1. The minimum atomic E-state index is -6.26. The molecule has 0 aromatic carbocycles. The first kappa shape index (κ1) is 40.3. The Morgan fingerprint density at radius 3 is 1.74 bits per heavy atom. The molecule has 0 aliphatic carbocycles. The molecule has 8 N–H and O–H groups in total. The molecular weight excluding hydrogens is 820 g/mol. The lowest BCUT2D eigenvalue weighted by Gasteiger charge is -2.40. The summed E-state index contributed by atoms with van der Waals surface area (Å²) < 4.78 is 67.9. The van der Waals surface area contributed by atoms with Crippen LogP contribution in [0, 0.1) is 0 Å². The number of phosphoric acid groups is 1. The molecule has 0 spiro atoms. The number of hydrogen-bond acceptors (Lipinski definition) is 26. The van der Waals surface area contributed by atoms with E-state index in [1.54, 1.807) is 0 Å². The van der Waals surface area contributed by atoms with E-state index in [1.165, 1.54) is 15.5 Å². The van der Waals surface area contributed by atoms with Gasteiger partial charge in [0.05, 0.1) is 25.2 Å². The zero-order valence-corrected chi connectivity index (χ0v) is 30.5. The van der Waals surface area contributed by atoms with E-state index < -0.39 is 98.4 Å². The highest BCUT2D eigenvalue weighted by molar-refractivity contribution is 8.35. The number of aliphatic hydroxyl groups excluding tert-OH is 4. The first-order valence-corrected chi connectivity index (χ1v) is 22.0. The molecule has 6 heterocycles. The highest BCUT2D eigenvalue weighted by Gasteiger charge is 2.47. The van der Waals surface area contributed by atoms with E-state index in [2.05, 4.69) is 55.3 Å². The number of anilines is 2. The van der Waals surface area contributed by atoms with Crippen LogP contribution in [0.5, 0.6) is 0 Å². The first-order valence-electron chi connectivity index (χ1n) is 14.5. The van der Waals surface area contributed by atoms with Crippen LogP contribution in [0.15, 0.2) is 25.3 Å². The van der Waals surface area contributed by atoms with Crippen molar-refractivity contribution in [3.63, 3.8) is 0 Å². The Kier molecular flexibility index (Phi) is 11.3. The van der Waals surface area contributed by atoms with Gasteiger partial charge in [-0.05, 0) is 0 Å². The van der Waals surface area contributed by atoms with Gasteiger partial charge in [0.2, 0.25) is 0 Å². The predicted octanol–water partition coefficient (Wildman–Crippen LogP) is -4.75. The van der Waals surface area contributed by atoms with Crippen molar-refractivity contribution in [3.8, 4) is 0 Å². The zero-order valence-electron chi connectivity index (χ0n) is 26.1. The molecule has 2 saturated heterocycles. The van der Waals surface area contributed by atoms with Crippen LogP contribution in [0.25, 0.3) is 22.3 Å². The summed E-state index contributed by atoms with van der Waals surface area (Å²) >= 11 is 4.48. The highest BCUT2D eigenvalue weighted by atomic mass is 32.7. The van der Waals surface area contributed by atoms with Crippen molar-refractivity contribution in [3.05, 3.63) is 25.3 Å². The number of ether oxygens (including phenoxy) is 2. The maximum atomic E-state index is 12.6. The van der Waals surface area contributed by atoms with Gasteiger partial charge in [0.25, 0.3) is 0 Å². The van der Waals surface area contributed by atoms with Crippen molar-refractivity contribution in [1.29, 1.82) is 0 Å². The molecule has 0 amide bonds. The van der Waals surface area contributed by atoms with Crippen LogP contribution < -0.4 is 31.0 Å². The van der Waals surface area contributed by atoms with Crippen molar-refractivity contribution >= 4 is 76.4 Å². The second-order valence-corrected chi connectivity index (χ2v) is 19.8. The van der Waals surface area contributed by atoms with Crippen molar-refractivity contribution in [2.45, 2.75) is 49.1 Å². The van der Waals surface area contributed by atoms with Gasteiger partial charge in [-0.3, -0.25) is 18.0 Å². The molecule has 2 fully saturated rings. The van der Waals surface area contributed by atoms with E-state index >= 15 is 0 Å². The third kappa shape index (κ3) is 8.71. The molecule has 6 rings (SSSR count). The van der Waals surface area contributed by atoms with E-state index in [1.807, 2.05) is 0 Å². The largest absolute Gasteiger partial charge is 0.778 e. The molecule has 4 aromatic heterocycles. The third-order valence-electron chi connectivity index (χ3n) is 7.60. The van der Waals surface area contributed by atoms with Crippen LogP contribution in [0.4, 0.5) is 11.6 Å². The number of fused-ring (bicyclic) bond motifs is 2. The van der Waals surface area contributed by atoms with Crippen LogP contribution in [-0.2, 0) is 53.1 Å². The Bertz CT molecular complexity index is 2130. The van der Waals surface area contributed by atoms with Gasteiger partial charge in [-0.25, -0.2) is 34.4 Å². The third-order valence-corrected chi connectivity index (χ3v) is 15.7. The Morgan fingerprint density at radius 2 is 1.25 bits per heavy atom. The maximum Gasteiger partial charge on any atom is 0.312 e. The lowest BCUT2D eigenvalue weighted by molar-refractivity contribution is -0.239. The molecule has 2 aliphatic heterocycles. The molecule has 27 nitrogen and oxygen atoms in total. The summed E-state index contributed by atoms with van der Waals surface area (Å²) in [7, 11) is -23.1. The SMILES string of the molecule is Nc1ncnc2c1ncn2[C@@H]1O[C@H](COP(=O)([O-])CP(=O)([O-])OP(=O)([O-])O[P+]([O-])([S-])OC[C@H]2O[C@@H](n3cnc4c(N)ncnc43)[C@H](O)[C@@H]2O)[C@@H](O)[C@H]1O. The average Bonchev–Trinajstić information content (AvgIpc) is 3.80. The monoisotopic (exact) mass is 846 g/mol. The number of nitrogen functional groups attached to an aromatic ring is 2. The molecule has 32 heteroatoms. The fourth-order valence-electron chi connectivity index (χ4n) is 5.25. The second-order valence-electron chi connectivity index (χ2n) is 11.3. The number of hydrogen-bond donors (Lipinski definition) is 6. The normalized spacial score (nSPS) is 31.0. The summed E-state index contributed by atoms with van der Waals surface area (Å²) in [6, 6.07) is 0. The lowest BCUT2D eigenvalue weighted by Crippen LogP contribution is -2.34. The summed E-state index contributed by atoms with van der Waals surface area (Å²) in [5, 5.41) is 41.9. The molecule has 4 unspecified atom stereocenters. The predicted molar refractivity (Wildman–Crippen MR) is 167 cm³/mol. The molecule has 292 valence electrons. The van der Waals surface area contributed by atoms with Crippen LogP contribution in [0.2, 0.25) is 0 Å². The number of aromatic nitrogens is 8. The topological polar surface area (TPSA) is 419 Å². The van der Waals surface area contributed by atoms with Gasteiger partial charge in [-0.15, -0.1) is 0 Å². The fourth-order valence-corrected chi connectivity index (χ4v) is 12.3. The fraction of sp³-hybridized carbons (Fsp3) is 0.524. The quantitative estimate of drug-likeness (QED) is 0.0512. The van der Waals surface area contributed by atoms with E-state index in [-0.39, 0.29) is 34.0 Å². The van der Waals surface area contributed by atoms with E-state index in [0.29, 0.717) is 0 Å². The van der Waals surface area contributed by atoms with Gasteiger partial charge in [-0.1, -0.05) is 0 Å². The lowest BCUT2D eigenvalue weighted by atomic mass is 10.1. The number of nitrogens with zero attached hydrogens (tertiary/aromatic N) is 8. The van der Waals surface area contributed by atoms with E-state index in [4.69, 9.17) is 25.5 Å². The first-order chi connectivity index (χ1) is 24.7. The Balaban J connectivity index is 1.01. The molecular formula is C21H26N10O17P4S-4. The van der Waals surface area contributed by atoms with Crippen molar-refractivity contribution in [2.24, 2.45) is 0 Å². The Hall–Kier alpha value is -2.39. The van der Waals surface area contributed by atoms with Gasteiger partial charge in [0, 0.05) is 0 Å². The summed E-state index contributed by atoms with van der Waals surface area (Å²) in [5.74, 6) is -2.11. The summed E-state index contributed by atoms with van der Waals surface area (Å²) in [4.78, 5) is 73.3. The highest BCUT2D eigenvalue weighted by Crippen LogP contribution is 2.68. The van der Waals surface area contributed by atoms with Gasteiger partial charge in [-0.2, -0.15) is 4.31 Å². The molecule has 12 atom stereocenters. The molecule has 0 radical (unpaired) electrons. The molecule has 4 aromatic rings. The van der Waals surface area contributed by atoms with Crippen molar-refractivity contribution in [1.82, 2.24) is 39.0 Å². The summed E-state index contributed by atoms with van der Waals surface area (Å²) in [6.07, 6.45) is -8.25. The van der Waals surface area contributed by atoms with Gasteiger partial charge in [0.15, 0.2) is 43.0 Å². The maximum absolute atomic E-state index is 12.6. The zero-order chi connectivity index (χ0) is 38.7.